The molecule has 0 spiro atoms. The van der Waals surface area contributed by atoms with Gasteiger partial charge in [-0.1, -0.05) is 43.1 Å². The van der Waals surface area contributed by atoms with Gasteiger partial charge in [-0.3, -0.25) is 0 Å². The molecule has 0 bridgehead atoms. The smallest absolute Gasteiger partial charge is 0.130 e. The molecule has 0 aliphatic carbocycles. The summed E-state index contributed by atoms with van der Waals surface area (Å²) in [5.74, 6) is 0.935. The number of halogens is 2. The summed E-state index contributed by atoms with van der Waals surface area (Å²) >= 11 is 12.3. The lowest BCUT2D eigenvalue weighted by Crippen LogP contribution is -2.17. The van der Waals surface area contributed by atoms with E-state index in [1.165, 1.54) is 0 Å². The molecule has 1 aromatic rings. The summed E-state index contributed by atoms with van der Waals surface area (Å²) in [6.45, 7) is 3.92. The van der Waals surface area contributed by atoms with Crippen molar-refractivity contribution >= 4 is 23.2 Å². The summed E-state index contributed by atoms with van der Waals surface area (Å²) < 4.78 is 0. The highest BCUT2D eigenvalue weighted by Gasteiger charge is 2.32. The molecule has 0 fully saturated rings. The lowest BCUT2D eigenvalue weighted by Gasteiger charge is -2.15. The third-order valence-electron chi connectivity index (χ3n) is 2.93. The van der Waals surface area contributed by atoms with Crippen LogP contribution in [-0.2, 0) is 4.84 Å². The van der Waals surface area contributed by atoms with Crippen molar-refractivity contribution in [2.45, 2.75) is 19.9 Å². The standard InChI is InChI=1S/C13H15Cl2NO2/c1-7(2)13-8(6-17)12(16-18-13)11-9(14)4-3-5-10(11)15/h3-5,7,12,16-17H,6H2,1-2H3. The van der Waals surface area contributed by atoms with E-state index in [1.807, 2.05) is 13.8 Å². The van der Waals surface area contributed by atoms with Crippen LogP contribution in [0.3, 0.4) is 0 Å². The molecule has 1 aliphatic heterocycles. The van der Waals surface area contributed by atoms with E-state index < -0.39 is 0 Å². The molecule has 1 heterocycles. The molecule has 0 radical (unpaired) electrons. The zero-order chi connectivity index (χ0) is 13.3. The van der Waals surface area contributed by atoms with Crippen molar-refractivity contribution < 1.29 is 9.94 Å². The number of allylic oxidation sites excluding steroid dienone is 1. The molecule has 0 saturated carbocycles. The van der Waals surface area contributed by atoms with Crippen molar-refractivity contribution in [2.75, 3.05) is 6.61 Å². The van der Waals surface area contributed by atoms with E-state index in [2.05, 4.69) is 5.48 Å². The van der Waals surface area contributed by atoms with Gasteiger partial charge in [0.25, 0.3) is 0 Å². The fourth-order valence-electron chi connectivity index (χ4n) is 2.08. The van der Waals surface area contributed by atoms with Crippen molar-refractivity contribution in [3.05, 3.63) is 45.1 Å². The molecule has 2 N–H and O–H groups in total. The lowest BCUT2D eigenvalue weighted by molar-refractivity contribution is 0.0995. The molecule has 1 aromatic carbocycles. The van der Waals surface area contributed by atoms with Crippen LogP contribution in [0, 0.1) is 5.92 Å². The Balaban J connectivity index is 2.47. The quantitative estimate of drug-likeness (QED) is 0.894. The number of nitrogens with one attached hydrogen (secondary N) is 1. The van der Waals surface area contributed by atoms with Crippen molar-refractivity contribution in [2.24, 2.45) is 5.92 Å². The molecule has 18 heavy (non-hydrogen) atoms. The molecular weight excluding hydrogens is 273 g/mol. The first-order valence-electron chi connectivity index (χ1n) is 5.76. The molecule has 1 unspecified atom stereocenters. The maximum atomic E-state index is 9.53. The largest absolute Gasteiger partial charge is 0.412 e. The van der Waals surface area contributed by atoms with Gasteiger partial charge >= 0.3 is 0 Å². The minimum absolute atomic E-state index is 0.0905. The lowest BCUT2D eigenvalue weighted by atomic mass is 9.96. The van der Waals surface area contributed by atoms with Gasteiger partial charge in [0.15, 0.2) is 0 Å². The molecule has 5 heteroatoms. The Morgan fingerprint density at radius 2 is 1.94 bits per heavy atom. The van der Waals surface area contributed by atoms with Crippen LogP contribution in [-0.4, -0.2) is 11.7 Å². The first-order chi connectivity index (χ1) is 8.56. The molecule has 0 saturated heterocycles. The third-order valence-corrected chi connectivity index (χ3v) is 3.59. The first kappa shape index (κ1) is 13.7. The highest BCUT2D eigenvalue weighted by Crippen LogP contribution is 2.39. The molecule has 1 atom stereocenters. The summed E-state index contributed by atoms with van der Waals surface area (Å²) in [5.41, 5.74) is 4.40. The Morgan fingerprint density at radius 3 is 2.44 bits per heavy atom. The predicted molar refractivity (Wildman–Crippen MR) is 72.4 cm³/mol. The van der Waals surface area contributed by atoms with Gasteiger partial charge in [0, 0.05) is 27.1 Å². The molecule has 1 aliphatic rings. The van der Waals surface area contributed by atoms with E-state index in [9.17, 15) is 5.11 Å². The molecule has 0 amide bonds. The number of hydrogen-bond acceptors (Lipinski definition) is 3. The van der Waals surface area contributed by atoms with Gasteiger partial charge in [-0.25, -0.2) is 0 Å². The van der Waals surface area contributed by atoms with E-state index in [1.54, 1.807) is 18.2 Å². The maximum Gasteiger partial charge on any atom is 0.130 e. The number of aliphatic hydroxyl groups is 1. The van der Waals surface area contributed by atoms with Crippen molar-refractivity contribution in [1.29, 1.82) is 0 Å². The van der Waals surface area contributed by atoms with Crippen LogP contribution in [0.4, 0.5) is 0 Å². The van der Waals surface area contributed by atoms with Crippen LogP contribution < -0.4 is 5.48 Å². The Labute approximate surface area is 116 Å². The average molecular weight is 288 g/mol. The highest BCUT2D eigenvalue weighted by atomic mass is 35.5. The topological polar surface area (TPSA) is 41.5 Å². The number of benzene rings is 1. The van der Waals surface area contributed by atoms with Crippen LogP contribution in [0.25, 0.3) is 0 Å². The number of rotatable bonds is 3. The predicted octanol–water partition coefficient (Wildman–Crippen LogP) is 3.47. The first-order valence-corrected chi connectivity index (χ1v) is 6.52. The van der Waals surface area contributed by atoms with Gasteiger partial charge in [-0.15, -0.1) is 5.48 Å². The summed E-state index contributed by atoms with van der Waals surface area (Å²) in [6.07, 6.45) is 0. The van der Waals surface area contributed by atoms with Gasteiger partial charge < -0.3 is 9.94 Å². The van der Waals surface area contributed by atoms with Crippen LogP contribution in [0.5, 0.6) is 0 Å². The number of aliphatic hydroxyl groups excluding tert-OH is 1. The van der Waals surface area contributed by atoms with E-state index in [0.29, 0.717) is 10.0 Å². The average Bonchev–Trinajstić information content (AvgIpc) is 2.72. The summed E-state index contributed by atoms with van der Waals surface area (Å²) in [6, 6.07) is 5.03. The minimum Gasteiger partial charge on any atom is -0.412 e. The Kier molecular flexibility index (Phi) is 4.17. The second-order valence-corrected chi connectivity index (χ2v) is 5.30. The van der Waals surface area contributed by atoms with Crippen LogP contribution in [0.15, 0.2) is 29.5 Å². The van der Waals surface area contributed by atoms with E-state index in [0.717, 1.165) is 16.9 Å². The van der Waals surface area contributed by atoms with Crippen LogP contribution in [0.2, 0.25) is 10.0 Å². The SMILES string of the molecule is CC(C)C1=C(CO)C(c2c(Cl)cccc2Cl)NO1. The van der Waals surface area contributed by atoms with Gasteiger partial charge in [-0.05, 0) is 12.1 Å². The van der Waals surface area contributed by atoms with Crippen LogP contribution in [0.1, 0.15) is 25.5 Å². The molecule has 3 nitrogen and oxygen atoms in total. The van der Waals surface area contributed by atoms with Crippen molar-refractivity contribution in [3.8, 4) is 0 Å². The zero-order valence-electron chi connectivity index (χ0n) is 10.2. The molecule has 0 aromatic heterocycles. The maximum absolute atomic E-state index is 9.53. The van der Waals surface area contributed by atoms with Gasteiger partial charge in [0.1, 0.15) is 5.76 Å². The van der Waals surface area contributed by atoms with Gasteiger partial charge in [0.05, 0.1) is 12.6 Å². The van der Waals surface area contributed by atoms with Crippen molar-refractivity contribution in [1.82, 2.24) is 5.48 Å². The zero-order valence-corrected chi connectivity index (χ0v) is 11.7. The van der Waals surface area contributed by atoms with E-state index in [-0.39, 0.29) is 18.6 Å². The molecule has 2 rings (SSSR count). The Bertz CT molecular complexity index is 466. The van der Waals surface area contributed by atoms with Crippen molar-refractivity contribution in [3.63, 3.8) is 0 Å². The number of hydroxylamine groups is 1. The summed E-state index contributed by atoms with van der Waals surface area (Å²) in [5, 5.41) is 10.6. The summed E-state index contributed by atoms with van der Waals surface area (Å²) in [4.78, 5) is 5.45. The van der Waals surface area contributed by atoms with Gasteiger partial charge in [-0.2, -0.15) is 0 Å². The second-order valence-electron chi connectivity index (χ2n) is 4.49. The minimum atomic E-state index is -0.298. The van der Waals surface area contributed by atoms with E-state index >= 15 is 0 Å². The van der Waals surface area contributed by atoms with E-state index in [4.69, 9.17) is 28.0 Å². The normalized spacial score (nSPS) is 19.6. The van der Waals surface area contributed by atoms with Crippen LogP contribution >= 0.6 is 23.2 Å². The fraction of sp³-hybridized carbons (Fsp3) is 0.385. The van der Waals surface area contributed by atoms with Gasteiger partial charge in [0.2, 0.25) is 0 Å². The fourth-order valence-corrected chi connectivity index (χ4v) is 2.69. The Morgan fingerprint density at radius 1 is 1.33 bits per heavy atom. The highest BCUT2D eigenvalue weighted by molar-refractivity contribution is 6.36. The molecule has 98 valence electrons. The summed E-state index contributed by atoms with van der Waals surface area (Å²) in [7, 11) is 0. The molecular formula is C13H15Cl2NO2. The second kappa shape index (κ2) is 5.49. The monoisotopic (exact) mass is 287 g/mol. The Hall–Kier alpha value is -0.740. The third kappa shape index (κ3) is 2.36. The number of hydrogen-bond donors (Lipinski definition) is 2.